The van der Waals surface area contributed by atoms with Gasteiger partial charge in [-0.2, -0.15) is 0 Å². The van der Waals surface area contributed by atoms with Gasteiger partial charge in [0.15, 0.2) is 11.6 Å². The molecule has 3 aromatic rings. The fourth-order valence-corrected chi connectivity index (χ4v) is 2.53. The van der Waals surface area contributed by atoms with Crippen molar-refractivity contribution >= 4 is 39.9 Å². The Balaban J connectivity index is 2.18. The zero-order valence-electron chi connectivity index (χ0n) is 10.1. The minimum absolute atomic E-state index is 0.0571. The summed E-state index contributed by atoms with van der Waals surface area (Å²) in [4.78, 5) is 15.4. The van der Waals surface area contributed by atoms with E-state index in [1.807, 2.05) is 0 Å². The van der Waals surface area contributed by atoms with Gasteiger partial charge in [0.2, 0.25) is 0 Å². The van der Waals surface area contributed by atoms with Gasteiger partial charge in [0.1, 0.15) is 0 Å². The third-order valence-corrected chi connectivity index (χ3v) is 3.71. The van der Waals surface area contributed by atoms with Gasteiger partial charge < -0.3 is 4.98 Å². The van der Waals surface area contributed by atoms with Crippen molar-refractivity contribution in [2.45, 2.75) is 0 Å². The number of hydrogen-bond donors (Lipinski definition) is 1. The van der Waals surface area contributed by atoms with Gasteiger partial charge in [-0.3, -0.25) is 4.79 Å². The van der Waals surface area contributed by atoms with Crippen LogP contribution in [0.4, 0.5) is 4.39 Å². The average molecular weight is 308 g/mol. The van der Waals surface area contributed by atoms with E-state index in [0.717, 1.165) is 0 Å². The number of H-pyrrole nitrogens is 1. The lowest BCUT2D eigenvalue weighted by Gasteiger charge is -2.03. The smallest absolute Gasteiger partial charge is 0.198 e. The van der Waals surface area contributed by atoms with Crippen LogP contribution in [-0.4, -0.2) is 10.8 Å². The zero-order chi connectivity index (χ0) is 14.3. The Morgan fingerprint density at radius 1 is 1.00 bits per heavy atom. The molecule has 0 spiro atoms. The molecule has 0 aliphatic carbocycles. The SMILES string of the molecule is O=C(c1cccc(Cl)c1F)c1c[nH]c2c(Cl)cccc12. The number of halogens is 3. The minimum Gasteiger partial charge on any atom is -0.359 e. The van der Waals surface area contributed by atoms with Crippen molar-refractivity contribution in [3.05, 3.63) is 69.6 Å². The second kappa shape index (κ2) is 4.93. The summed E-state index contributed by atoms with van der Waals surface area (Å²) in [6.45, 7) is 0. The molecule has 5 heteroatoms. The molecule has 0 fully saturated rings. The number of nitrogens with one attached hydrogen (secondary N) is 1. The first-order valence-electron chi connectivity index (χ1n) is 5.84. The zero-order valence-corrected chi connectivity index (χ0v) is 11.6. The number of ketones is 1. The van der Waals surface area contributed by atoms with Crippen molar-refractivity contribution in [1.82, 2.24) is 4.98 Å². The summed E-state index contributed by atoms with van der Waals surface area (Å²) in [5.74, 6) is -1.14. The second-order valence-electron chi connectivity index (χ2n) is 4.30. The third-order valence-electron chi connectivity index (χ3n) is 3.11. The molecule has 100 valence electrons. The van der Waals surface area contributed by atoms with Crippen LogP contribution in [0.15, 0.2) is 42.6 Å². The largest absolute Gasteiger partial charge is 0.359 e. The topological polar surface area (TPSA) is 32.9 Å². The lowest BCUT2D eigenvalue weighted by atomic mass is 10.0. The van der Waals surface area contributed by atoms with E-state index in [0.29, 0.717) is 21.5 Å². The molecule has 1 heterocycles. The second-order valence-corrected chi connectivity index (χ2v) is 5.11. The fourth-order valence-electron chi connectivity index (χ4n) is 2.13. The van der Waals surface area contributed by atoms with Gasteiger partial charge in [-0.1, -0.05) is 41.4 Å². The Morgan fingerprint density at radius 3 is 2.50 bits per heavy atom. The highest BCUT2D eigenvalue weighted by molar-refractivity contribution is 6.36. The minimum atomic E-state index is -0.712. The molecule has 0 unspecified atom stereocenters. The molecule has 1 N–H and O–H groups in total. The quantitative estimate of drug-likeness (QED) is 0.675. The van der Waals surface area contributed by atoms with E-state index in [9.17, 15) is 9.18 Å². The van der Waals surface area contributed by atoms with E-state index in [1.165, 1.54) is 18.3 Å². The van der Waals surface area contributed by atoms with Crippen molar-refractivity contribution in [2.75, 3.05) is 0 Å². The summed E-state index contributed by atoms with van der Waals surface area (Å²) in [6.07, 6.45) is 1.53. The van der Waals surface area contributed by atoms with Crippen LogP contribution in [-0.2, 0) is 0 Å². The molecule has 0 atom stereocenters. The van der Waals surface area contributed by atoms with Crippen molar-refractivity contribution in [3.8, 4) is 0 Å². The van der Waals surface area contributed by atoms with Gasteiger partial charge in [-0.05, 0) is 18.2 Å². The van der Waals surface area contributed by atoms with Crippen LogP contribution in [0.5, 0.6) is 0 Å². The van der Waals surface area contributed by atoms with Crippen LogP contribution in [0.1, 0.15) is 15.9 Å². The number of fused-ring (bicyclic) bond motifs is 1. The number of carbonyl (C=O) groups excluding carboxylic acids is 1. The fraction of sp³-hybridized carbons (Fsp3) is 0. The van der Waals surface area contributed by atoms with E-state index in [1.54, 1.807) is 24.3 Å². The summed E-state index contributed by atoms with van der Waals surface area (Å²) in [7, 11) is 0. The maximum atomic E-state index is 13.9. The molecule has 2 nitrogen and oxygen atoms in total. The Kier molecular flexibility index (Phi) is 3.24. The number of benzene rings is 2. The van der Waals surface area contributed by atoms with E-state index in [4.69, 9.17) is 23.2 Å². The van der Waals surface area contributed by atoms with Gasteiger partial charge in [0.05, 0.1) is 21.1 Å². The molecule has 0 aliphatic rings. The average Bonchev–Trinajstić information content (AvgIpc) is 2.86. The number of para-hydroxylation sites is 1. The number of carbonyl (C=O) groups is 1. The highest BCUT2D eigenvalue weighted by Gasteiger charge is 2.19. The van der Waals surface area contributed by atoms with Gasteiger partial charge in [-0.15, -0.1) is 0 Å². The normalized spacial score (nSPS) is 10.9. The summed E-state index contributed by atoms with van der Waals surface area (Å²) < 4.78 is 13.9. The van der Waals surface area contributed by atoms with Gasteiger partial charge in [-0.25, -0.2) is 4.39 Å². The Bertz CT molecular complexity index is 826. The molecule has 20 heavy (non-hydrogen) atoms. The van der Waals surface area contributed by atoms with Crippen molar-refractivity contribution in [3.63, 3.8) is 0 Å². The van der Waals surface area contributed by atoms with E-state index in [-0.39, 0.29) is 10.6 Å². The maximum Gasteiger partial charge on any atom is 0.198 e. The molecular weight excluding hydrogens is 300 g/mol. The Morgan fingerprint density at radius 2 is 1.70 bits per heavy atom. The van der Waals surface area contributed by atoms with Crippen LogP contribution in [0.3, 0.4) is 0 Å². The predicted octanol–water partition coefficient (Wildman–Crippen LogP) is 4.84. The number of hydrogen-bond acceptors (Lipinski definition) is 1. The Hall–Kier alpha value is -1.84. The lowest BCUT2D eigenvalue weighted by Crippen LogP contribution is -2.03. The first kappa shape index (κ1) is 13.2. The molecule has 0 amide bonds. The first-order valence-corrected chi connectivity index (χ1v) is 6.59. The van der Waals surface area contributed by atoms with Crippen molar-refractivity contribution in [1.29, 1.82) is 0 Å². The van der Waals surface area contributed by atoms with E-state index >= 15 is 0 Å². The van der Waals surface area contributed by atoms with E-state index in [2.05, 4.69) is 4.98 Å². The molecule has 0 saturated heterocycles. The standard InChI is InChI=1S/C15H8Cl2FNO/c16-11-5-2-4-9(13(11)18)15(20)10-7-19-14-8(10)3-1-6-12(14)17/h1-7,19H. The van der Waals surface area contributed by atoms with Crippen LogP contribution in [0, 0.1) is 5.82 Å². The molecule has 0 aliphatic heterocycles. The van der Waals surface area contributed by atoms with Crippen molar-refractivity contribution in [2.24, 2.45) is 0 Å². The number of aromatic amines is 1. The molecule has 0 bridgehead atoms. The van der Waals surface area contributed by atoms with E-state index < -0.39 is 11.6 Å². The highest BCUT2D eigenvalue weighted by atomic mass is 35.5. The van der Waals surface area contributed by atoms with Gasteiger partial charge >= 0.3 is 0 Å². The lowest BCUT2D eigenvalue weighted by molar-refractivity contribution is 0.103. The molecular formula is C15H8Cl2FNO. The van der Waals surface area contributed by atoms with Crippen molar-refractivity contribution < 1.29 is 9.18 Å². The number of rotatable bonds is 2. The summed E-state index contributed by atoms with van der Waals surface area (Å²) >= 11 is 11.7. The van der Waals surface area contributed by atoms with Crippen LogP contribution in [0.2, 0.25) is 10.0 Å². The van der Waals surface area contributed by atoms with Crippen LogP contribution in [0.25, 0.3) is 10.9 Å². The van der Waals surface area contributed by atoms with Gasteiger partial charge in [0, 0.05) is 17.1 Å². The molecule has 0 radical (unpaired) electrons. The number of aromatic nitrogens is 1. The van der Waals surface area contributed by atoms with Crippen LogP contribution >= 0.6 is 23.2 Å². The molecule has 0 saturated carbocycles. The molecule has 3 rings (SSSR count). The summed E-state index contributed by atoms with van der Waals surface area (Å²) in [5, 5.41) is 1.09. The van der Waals surface area contributed by atoms with Gasteiger partial charge in [0.25, 0.3) is 0 Å². The van der Waals surface area contributed by atoms with Crippen LogP contribution < -0.4 is 0 Å². The third kappa shape index (κ3) is 1.99. The molecule has 2 aromatic carbocycles. The first-order chi connectivity index (χ1) is 9.59. The summed E-state index contributed by atoms with van der Waals surface area (Å²) in [5.41, 5.74) is 0.960. The Labute approximate surface area is 124 Å². The highest BCUT2D eigenvalue weighted by Crippen LogP contribution is 2.28. The molecule has 1 aromatic heterocycles. The maximum absolute atomic E-state index is 13.9. The summed E-state index contributed by atoms with van der Waals surface area (Å²) in [6, 6.07) is 9.57. The monoisotopic (exact) mass is 307 g/mol. The predicted molar refractivity (Wildman–Crippen MR) is 78.2 cm³/mol.